The fraction of sp³-hybridized carbons (Fsp3) is 0.385. The van der Waals surface area contributed by atoms with Gasteiger partial charge in [0.05, 0.1) is 6.21 Å². The second kappa shape index (κ2) is 6.68. The standard InChI is InChI=1S/C13H19N3O/c1-4-16(5-2)13-8-6-12(7-9-13)10-14-15-11(3)17/h6-10H,4-5H2,1-3H3,(H,15,17)/b14-10-. The fourth-order valence-corrected chi connectivity index (χ4v) is 1.56. The predicted molar refractivity (Wildman–Crippen MR) is 71.4 cm³/mol. The molecule has 0 aliphatic carbocycles. The van der Waals surface area contributed by atoms with Crippen molar-refractivity contribution >= 4 is 17.8 Å². The van der Waals surface area contributed by atoms with E-state index in [9.17, 15) is 4.79 Å². The second-order valence-electron chi connectivity index (χ2n) is 3.69. The first-order valence-electron chi connectivity index (χ1n) is 5.82. The molecule has 0 unspecified atom stereocenters. The molecular weight excluding hydrogens is 214 g/mol. The molecule has 0 bridgehead atoms. The number of carbonyl (C=O) groups excluding carboxylic acids is 1. The average Bonchev–Trinajstić information content (AvgIpc) is 2.32. The second-order valence-corrected chi connectivity index (χ2v) is 3.69. The highest BCUT2D eigenvalue weighted by atomic mass is 16.2. The number of nitrogens with one attached hydrogen (secondary N) is 1. The monoisotopic (exact) mass is 233 g/mol. The molecule has 0 radical (unpaired) electrons. The van der Waals surface area contributed by atoms with Gasteiger partial charge in [-0.1, -0.05) is 12.1 Å². The average molecular weight is 233 g/mol. The minimum atomic E-state index is -0.166. The van der Waals surface area contributed by atoms with Gasteiger partial charge in [0.1, 0.15) is 0 Å². The van der Waals surface area contributed by atoms with Gasteiger partial charge < -0.3 is 4.90 Å². The van der Waals surface area contributed by atoms with E-state index in [2.05, 4.69) is 41.4 Å². The van der Waals surface area contributed by atoms with E-state index in [0.717, 1.165) is 18.7 Å². The highest BCUT2D eigenvalue weighted by Crippen LogP contribution is 2.13. The lowest BCUT2D eigenvalue weighted by Gasteiger charge is -2.20. The lowest BCUT2D eigenvalue weighted by molar-refractivity contribution is -0.118. The third kappa shape index (κ3) is 4.26. The van der Waals surface area contributed by atoms with Crippen LogP contribution < -0.4 is 10.3 Å². The van der Waals surface area contributed by atoms with Crippen LogP contribution in [0.1, 0.15) is 26.3 Å². The molecule has 0 heterocycles. The Kier molecular flexibility index (Phi) is 5.20. The Labute approximate surface area is 102 Å². The summed E-state index contributed by atoms with van der Waals surface area (Å²) >= 11 is 0. The molecule has 1 rings (SSSR count). The van der Waals surface area contributed by atoms with Crippen molar-refractivity contribution in [2.75, 3.05) is 18.0 Å². The van der Waals surface area contributed by atoms with Crippen molar-refractivity contribution in [1.29, 1.82) is 0 Å². The minimum Gasteiger partial charge on any atom is -0.372 e. The van der Waals surface area contributed by atoms with Gasteiger partial charge >= 0.3 is 0 Å². The van der Waals surface area contributed by atoms with Crippen molar-refractivity contribution in [2.45, 2.75) is 20.8 Å². The van der Waals surface area contributed by atoms with E-state index in [-0.39, 0.29) is 5.91 Å². The van der Waals surface area contributed by atoms with E-state index in [4.69, 9.17) is 0 Å². The predicted octanol–water partition coefficient (Wildman–Crippen LogP) is 2.00. The van der Waals surface area contributed by atoms with E-state index >= 15 is 0 Å². The van der Waals surface area contributed by atoms with E-state index in [1.807, 2.05) is 12.1 Å². The first-order chi connectivity index (χ1) is 8.17. The van der Waals surface area contributed by atoms with Crippen LogP contribution in [0.5, 0.6) is 0 Å². The highest BCUT2D eigenvalue weighted by Gasteiger charge is 2.00. The smallest absolute Gasteiger partial charge is 0.236 e. The van der Waals surface area contributed by atoms with E-state index in [1.54, 1.807) is 6.21 Å². The quantitative estimate of drug-likeness (QED) is 0.624. The molecule has 0 spiro atoms. The summed E-state index contributed by atoms with van der Waals surface area (Å²) in [7, 11) is 0. The number of nitrogens with zero attached hydrogens (tertiary/aromatic N) is 2. The summed E-state index contributed by atoms with van der Waals surface area (Å²) < 4.78 is 0. The molecule has 0 saturated carbocycles. The van der Waals surface area contributed by atoms with E-state index in [0.29, 0.717) is 0 Å². The Morgan fingerprint density at radius 3 is 2.35 bits per heavy atom. The van der Waals surface area contributed by atoms with Crippen LogP contribution in [0, 0.1) is 0 Å². The molecule has 0 atom stereocenters. The third-order valence-corrected chi connectivity index (χ3v) is 2.46. The van der Waals surface area contributed by atoms with Crippen LogP contribution in [0.3, 0.4) is 0 Å². The summed E-state index contributed by atoms with van der Waals surface area (Å²) in [6, 6.07) is 8.09. The summed E-state index contributed by atoms with van der Waals surface area (Å²) in [5, 5.41) is 3.82. The minimum absolute atomic E-state index is 0.166. The summed E-state index contributed by atoms with van der Waals surface area (Å²) in [5.74, 6) is -0.166. The van der Waals surface area contributed by atoms with Gasteiger partial charge in [-0.05, 0) is 31.5 Å². The van der Waals surface area contributed by atoms with Crippen LogP contribution in [-0.4, -0.2) is 25.2 Å². The van der Waals surface area contributed by atoms with Crippen LogP contribution in [0.15, 0.2) is 29.4 Å². The SMILES string of the molecule is CCN(CC)c1ccc(/C=N\NC(C)=O)cc1. The topological polar surface area (TPSA) is 44.7 Å². The molecule has 4 nitrogen and oxygen atoms in total. The number of anilines is 1. The Morgan fingerprint density at radius 1 is 1.29 bits per heavy atom. The zero-order chi connectivity index (χ0) is 12.7. The molecule has 0 aliphatic heterocycles. The molecular formula is C13H19N3O. The van der Waals surface area contributed by atoms with Gasteiger partial charge in [-0.2, -0.15) is 5.10 Å². The summed E-state index contributed by atoms with van der Waals surface area (Å²) in [6.07, 6.45) is 1.63. The van der Waals surface area contributed by atoms with E-state index in [1.165, 1.54) is 12.6 Å². The molecule has 1 amide bonds. The molecule has 17 heavy (non-hydrogen) atoms. The Hall–Kier alpha value is -1.84. The van der Waals surface area contributed by atoms with Gasteiger partial charge in [-0.15, -0.1) is 0 Å². The molecule has 92 valence electrons. The lowest BCUT2D eigenvalue weighted by atomic mass is 10.2. The van der Waals surface area contributed by atoms with Crippen LogP contribution >= 0.6 is 0 Å². The van der Waals surface area contributed by atoms with Gasteiger partial charge in [0.25, 0.3) is 0 Å². The zero-order valence-corrected chi connectivity index (χ0v) is 10.6. The normalized spacial score (nSPS) is 10.5. The van der Waals surface area contributed by atoms with Gasteiger partial charge in [0.2, 0.25) is 5.91 Å². The van der Waals surface area contributed by atoms with Crippen LogP contribution in [-0.2, 0) is 4.79 Å². The Bertz CT molecular complexity index is 380. The molecule has 0 fully saturated rings. The van der Waals surface area contributed by atoms with Crippen molar-refractivity contribution < 1.29 is 4.79 Å². The first-order valence-corrected chi connectivity index (χ1v) is 5.82. The molecule has 4 heteroatoms. The maximum absolute atomic E-state index is 10.6. The van der Waals surface area contributed by atoms with Crippen molar-refractivity contribution in [1.82, 2.24) is 5.43 Å². The molecule has 1 aromatic carbocycles. The van der Waals surface area contributed by atoms with Gasteiger partial charge in [-0.3, -0.25) is 4.79 Å². The number of hydrazone groups is 1. The van der Waals surface area contributed by atoms with Crippen LogP contribution in [0.2, 0.25) is 0 Å². The largest absolute Gasteiger partial charge is 0.372 e. The maximum Gasteiger partial charge on any atom is 0.236 e. The van der Waals surface area contributed by atoms with Crippen molar-refractivity contribution in [3.8, 4) is 0 Å². The van der Waals surface area contributed by atoms with Crippen molar-refractivity contribution in [3.05, 3.63) is 29.8 Å². The molecule has 0 saturated heterocycles. The van der Waals surface area contributed by atoms with Gasteiger partial charge in [-0.25, -0.2) is 5.43 Å². The Morgan fingerprint density at radius 2 is 1.88 bits per heavy atom. The van der Waals surface area contributed by atoms with Crippen molar-refractivity contribution in [2.24, 2.45) is 5.10 Å². The number of rotatable bonds is 5. The molecule has 1 N–H and O–H groups in total. The maximum atomic E-state index is 10.6. The summed E-state index contributed by atoms with van der Waals surface area (Å²) in [4.78, 5) is 12.9. The number of hydrogen-bond acceptors (Lipinski definition) is 3. The summed E-state index contributed by atoms with van der Waals surface area (Å²) in [5.41, 5.74) is 4.54. The number of amides is 1. The van der Waals surface area contributed by atoms with Crippen LogP contribution in [0.25, 0.3) is 0 Å². The highest BCUT2D eigenvalue weighted by molar-refractivity contribution is 5.82. The fourth-order valence-electron chi connectivity index (χ4n) is 1.56. The van der Waals surface area contributed by atoms with Crippen molar-refractivity contribution in [3.63, 3.8) is 0 Å². The first kappa shape index (κ1) is 13.2. The van der Waals surface area contributed by atoms with Gasteiger partial charge in [0.15, 0.2) is 0 Å². The number of benzene rings is 1. The molecule has 1 aromatic rings. The van der Waals surface area contributed by atoms with Crippen LogP contribution in [0.4, 0.5) is 5.69 Å². The molecule has 0 aliphatic rings. The van der Waals surface area contributed by atoms with E-state index < -0.39 is 0 Å². The van der Waals surface area contributed by atoms with Gasteiger partial charge in [0, 0.05) is 25.7 Å². The number of hydrogen-bond donors (Lipinski definition) is 1. The molecule has 0 aromatic heterocycles. The lowest BCUT2D eigenvalue weighted by Crippen LogP contribution is -2.21. The zero-order valence-electron chi connectivity index (χ0n) is 10.6. The number of carbonyl (C=O) groups is 1. The summed E-state index contributed by atoms with van der Waals surface area (Å²) in [6.45, 7) is 7.69. The third-order valence-electron chi connectivity index (χ3n) is 2.46. The Balaban J connectivity index is 2.67.